The van der Waals surface area contributed by atoms with Crippen LogP contribution >= 0.6 is 11.8 Å². The van der Waals surface area contributed by atoms with Crippen molar-refractivity contribution in [2.45, 2.75) is 37.1 Å². The van der Waals surface area contributed by atoms with E-state index >= 15 is 0 Å². The predicted molar refractivity (Wildman–Crippen MR) is 66.9 cm³/mol. The fourth-order valence-electron chi connectivity index (χ4n) is 1.40. The maximum Gasteiger partial charge on any atom is 0.262 e. The number of hydrogen-bond donors (Lipinski definition) is 1. The molecule has 0 saturated heterocycles. The number of nitrogens with zero attached hydrogens (tertiary/aromatic N) is 2. The molecule has 0 spiro atoms. The molecular formula is C12H15N3OS. The van der Waals surface area contributed by atoms with Gasteiger partial charge in [0, 0.05) is 17.8 Å². The lowest BCUT2D eigenvalue weighted by Gasteiger charge is -2.08. The van der Waals surface area contributed by atoms with Crippen molar-refractivity contribution in [1.82, 2.24) is 9.97 Å². The third-order valence-electron chi connectivity index (χ3n) is 2.48. The molecule has 2 rings (SSSR count). The largest absolute Gasteiger partial charge is 0.436 e. The SMILES string of the molecule is Cc1nc(Sc2ncccc2C(C)N)oc1C. The van der Waals surface area contributed by atoms with E-state index in [2.05, 4.69) is 9.97 Å². The monoisotopic (exact) mass is 249 g/mol. The molecule has 2 aromatic heterocycles. The van der Waals surface area contributed by atoms with E-state index in [1.807, 2.05) is 32.9 Å². The van der Waals surface area contributed by atoms with Crippen molar-refractivity contribution in [3.05, 3.63) is 35.3 Å². The molecule has 0 aliphatic heterocycles. The molecule has 0 aliphatic carbocycles. The second-order valence-electron chi connectivity index (χ2n) is 3.91. The van der Waals surface area contributed by atoms with Crippen LogP contribution in [-0.2, 0) is 0 Å². The van der Waals surface area contributed by atoms with E-state index in [1.54, 1.807) is 6.20 Å². The maximum atomic E-state index is 5.90. The molecule has 1 unspecified atom stereocenters. The van der Waals surface area contributed by atoms with Crippen molar-refractivity contribution >= 4 is 11.8 Å². The van der Waals surface area contributed by atoms with Crippen molar-refractivity contribution < 1.29 is 4.42 Å². The summed E-state index contributed by atoms with van der Waals surface area (Å²) >= 11 is 1.41. The van der Waals surface area contributed by atoms with E-state index in [-0.39, 0.29) is 6.04 Å². The summed E-state index contributed by atoms with van der Waals surface area (Å²) in [5.74, 6) is 0.839. The average molecular weight is 249 g/mol. The minimum Gasteiger partial charge on any atom is -0.436 e. The topological polar surface area (TPSA) is 64.9 Å². The lowest BCUT2D eigenvalue weighted by molar-refractivity contribution is 0.430. The normalized spacial score (nSPS) is 12.7. The summed E-state index contributed by atoms with van der Waals surface area (Å²) in [6.07, 6.45) is 1.75. The Morgan fingerprint density at radius 2 is 2.18 bits per heavy atom. The van der Waals surface area contributed by atoms with Crippen molar-refractivity contribution in [1.29, 1.82) is 0 Å². The van der Waals surface area contributed by atoms with Crippen LogP contribution < -0.4 is 5.73 Å². The molecule has 0 amide bonds. The first-order chi connectivity index (χ1) is 8.08. The van der Waals surface area contributed by atoms with Crippen LogP contribution in [0.1, 0.15) is 30.0 Å². The van der Waals surface area contributed by atoms with Crippen molar-refractivity contribution in [2.75, 3.05) is 0 Å². The molecule has 0 bridgehead atoms. The number of aryl methyl sites for hydroxylation is 2. The van der Waals surface area contributed by atoms with Crippen LogP contribution in [0, 0.1) is 13.8 Å². The van der Waals surface area contributed by atoms with Crippen molar-refractivity contribution in [2.24, 2.45) is 5.73 Å². The molecule has 0 aromatic carbocycles. The number of oxazole rings is 1. The van der Waals surface area contributed by atoms with Gasteiger partial charge >= 0.3 is 0 Å². The Bertz CT molecular complexity index is 503. The van der Waals surface area contributed by atoms with Gasteiger partial charge in [-0.25, -0.2) is 9.97 Å². The third-order valence-corrected chi connectivity index (χ3v) is 3.37. The molecule has 2 heterocycles. The quantitative estimate of drug-likeness (QED) is 0.906. The lowest BCUT2D eigenvalue weighted by Crippen LogP contribution is -2.07. The minimum atomic E-state index is -0.0524. The molecule has 1 atom stereocenters. The van der Waals surface area contributed by atoms with Gasteiger partial charge in [0.1, 0.15) is 10.8 Å². The van der Waals surface area contributed by atoms with Crippen LogP contribution in [-0.4, -0.2) is 9.97 Å². The zero-order chi connectivity index (χ0) is 12.4. The van der Waals surface area contributed by atoms with Crippen LogP contribution in [0.4, 0.5) is 0 Å². The van der Waals surface area contributed by atoms with Crippen LogP contribution in [0.5, 0.6) is 0 Å². The highest BCUT2D eigenvalue weighted by Gasteiger charge is 2.13. The van der Waals surface area contributed by atoms with E-state index in [4.69, 9.17) is 10.2 Å². The molecule has 17 heavy (non-hydrogen) atoms. The summed E-state index contributed by atoms with van der Waals surface area (Å²) in [5.41, 5.74) is 7.81. The highest BCUT2D eigenvalue weighted by molar-refractivity contribution is 7.99. The van der Waals surface area contributed by atoms with E-state index < -0.39 is 0 Å². The second-order valence-corrected chi connectivity index (χ2v) is 4.85. The first-order valence-corrected chi connectivity index (χ1v) is 6.22. The molecular weight excluding hydrogens is 234 g/mol. The fourth-order valence-corrected chi connectivity index (χ4v) is 2.40. The highest BCUT2D eigenvalue weighted by atomic mass is 32.2. The average Bonchev–Trinajstić information content (AvgIpc) is 2.58. The van der Waals surface area contributed by atoms with Gasteiger partial charge < -0.3 is 10.2 Å². The third kappa shape index (κ3) is 2.68. The summed E-state index contributed by atoms with van der Waals surface area (Å²) in [6.45, 7) is 5.76. The number of nitrogens with two attached hydrogens (primary N) is 1. The smallest absolute Gasteiger partial charge is 0.262 e. The Kier molecular flexibility index (Phi) is 3.49. The number of rotatable bonds is 3. The van der Waals surface area contributed by atoms with Gasteiger partial charge in [0.2, 0.25) is 0 Å². The Labute approximate surface area is 105 Å². The molecule has 2 N–H and O–H groups in total. The summed E-state index contributed by atoms with van der Waals surface area (Å²) in [7, 11) is 0. The summed E-state index contributed by atoms with van der Waals surface area (Å²) in [6, 6.07) is 3.81. The number of hydrogen-bond acceptors (Lipinski definition) is 5. The van der Waals surface area contributed by atoms with Gasteiger partial charge in [0.15, 0.2) is 0 Å². The Balaban J connectivity index is 2.29. The Hall–Kier alpha value is -1.33. The molecule has 5 heteroatoms. The van der Waals surface area contributed by atoms with Gasteiger partial charge in [0.05, 0.1) is 5.69 Å². The highest BCUT2D eigenvalue weighted by Crippen LogP contribution is 2.31. The van der Waals surface area contributed by atoms with Gasteiger partial charge in [0.25, 0.3) is 5.22 Å². The van der Waals surface area contributed by atoms with E-state index in [0.29, 0.717) is 5.22 Å². The van der Waals surface area contributed by atoms with E-state index in [1.165, 1.54) is 11.8 Å². The van der Waals surface area contributed by atoms with Gasteiger partial charge in [-0.15, -0.1) is 0 Å². The summed E-state index contributed by atoms with van der Waals surface area (Å²) < 4.78 is 5.52. The molecule has 2 aromatic rings. The zero-order valence-corrected chi connectivity index (χ0v) is 10.9. The molecule has 0 fully saturated rings. The molecule has 4 nitrogen and oxygen atoms in total. The molecule has 90 valence electrons. The molecule has 0 saturated carbocycles. The first-order valence-electron chi connectivity index (χ1n) is 5.40. The zero-order valence-electron chi connectivity index (χ0n) is 10.1. The van der Waals surface area contributed by atoms with E-state index in [9.17, 15) is 0 Å². The Morgan fingerprint density at radius 3 is 2.76 bits per heavy atom. The summed E-state index contributed by atoms with van der Waals surface area (Å²) in [4.78, 5) is 8.64. The van der Waals surface area contributed by atoms with Crippen LogP contribution in [0.15, 0.2) is 33.0 Å². The lowest BCUT2D eigenvalue weighted by atomic mass is 10.2. The minimum absolute atomic E-state index is 0.0524. The molecule has 0 aliphatic rings. The fraction of sp³-hybridized carbons (Fsp3) is 0.333. The molecule has 0 radical (unpaired) electrons. The summed E-state index contributed by atoms with van der Waals surface area (Å²) in [5, 5.41) is 1.46. The van der Waals surface area contributed by atoms with Gasteiger partial charge in [-0.05, 0) is 38.6 Å². The van der Waals surface area contributed by atoms with Crippen molar-refractivity contribution in [3.63, 3.8) is 0 Å². The van der Waals surface area contributed by atoms with Crippen LogP contribution in [0.25, 0.3) is 0 Å². The maximum absolute atomic E-state index is 5.90. The predicted octanol–water partition coefficient (Wildman–Crippen LogP) is 2.86. The van der Waals surface area contributed by atoms with Gasteiger partial charge in [-0.3, -0.25) is 0 Å². The Morgan fingerprint density at radius 1 is 1.41 bits per heavy atom. The number of pyridine rings is 1. The van der Waals surface area contributed by atoms with Crippen molar-refractivity contribution in [3.8, 4) is 0 Å². The number of aromatic nitrogens is 2. The van der Waals surface area contributed by atoms with Gasteiger partial charge in [-0.2, -0.15) is 0 Å². The van der Waals surface area contributed by atoms with Crippen LogP contribution in [0.2, 0.25) is 0 Å². The van der Waals surface area contributed by atoms with E-state index in [0.717, 1.165) is 22.0 Å². The van der Waals surface area contributed by atoms with Crippen LogP contribution in [0.3, 0.4) is 0 Å². The first kappa shape index (κ1) is 12.1. The standard InChI is InChI=1S/C12H15N3OS/c1-7(13)10-5-4-6-14-11(10)17-12-15-8(2)9(3)16-12/h4-7H,13H2,1-3H3. The second kappa shape index (κ2) is 4.89. The van der Waals surface area contributed by atoms with Gasteiger partial charge in [-0.1, -0.05) is 6.07 Å².